The summed E-state index contributed by atoms with van der Waals surface area (Å²) in [4.78, 5) is 35.8. The van der Waals surface area contributed by atoms with Gasteiger partial charge in [0.2, 0.25) is 0 Å². The van der Waals surface area contributed by atoms with Gasteiger partial charge in [-0.2, -0.15) is 5.10 Å². The highest BCUT2D eigenvalue weighted by molar-refractivity contribution is 5.91. The zero-order chi connectivity index (χ0) is 24.1. The van der Waals surface area contributed by atoms with Crippen molar-refractivity contribution in [2.24, 2.45) is 0 Å². The molecular formula is C24H30N4O6. The van der Waals surface area contributed by atoms with Crippen molar-refractivity contribution in [3.8, 4) is 11.5 Å². The molecule has 182 valence electrons. The van der Waals surface area contributed by atoms with Gasteiger partial charge in [0, 0.05) is 23.2 Å². The van der Waals surface area contributed by atoms with Crippen molar-refractivity contribution in [1.82, 2.24) is 15.5 Å². The molecule has 2 aliphatic rings. The number of hydrogen-bond donors (Lipinski definition) is 3. The Hall–Kier alpha value is -3.56. The molecule has 2 aromatic rings. The normalized spacial score (nSPS) is 20.6. The highest BCUT2D eigenvalue weighted by Gasteiger charge is 2.35. The first-order valence-electron chi connectivity index (χ1n) is 11.5. The number of H-pyrrole nitrogens is 1. The number of aromatic nitrogens is 2. The molecule has 0 bridgehead atoms. The maximum Gasteiger partial charge on any atom is 0.407 e. The highest BCUT2D eigenvalue weighted by atomic mass is 16.6. The van der Waals surface area contributed by atoms with Crippen LogP contribution in [0.4, 0.5) is 10.6 Å². The lowest BCUT2D eigenvalue weighted by atomic mass is 9.79. The number of nitrogens with zero attached hydrogens (tertiary/aromatic N) is 1. The average Bonchev–Trinajstić information content (AvgIpc) is 3.45. The van der Waals surface area contributed by atoms with Crippen molar-refractivity contribution in [3.05, 3.63) is 35.5 Å². The van der Waals surface area contributed by atoms with E-state index in [9.17, 15) is 14.4 Å². The van der Waals surface area contributed by atoms with E-state index in [4.69, 9.17) is 14.2 Å². The lowest BCUT2D eigenvalue weighted by molar-refractivity contribution is -0.118. The zero-order valence-electron chi connectivity index (χ0n) is 19.4. The summed E-state index contributed by atoms with van der Waals surface area (Å²) in [6.45, 7) is 1.75. The third-order valence-electron chi connectivity index (χ3n) is 6.55. The molecular weight excluding hydrogens is 440 g/mol. The molecule has 0 spiro atoms. The molecule has 0 saturated heterocycles. The second-order valence-electron chi connectivity index (χ2n) is 9.11. The molecule has 2 atom stereocenters. The van der Waals surface area contributed by atoms with Gasteiger partial charge in [0.15, 0.2) is 18.7 Å². The molecule has 1 aromatic carbocycles. The molecule has 0 aliphatic heterocycles. The lowest BCUT2D eigenvalue weighted by Gasteiger charge is -2.38. The summed E-state index contributed by atoms with van der Waals surface area (Å²) in [5, 5.41) is 12.8. The number of amides is 2. The van der Waals surface area contributed by atoms with Gasteiger partial charge < -0.3 is 24.8 Å². The number of nitrogens with one attached hydrogen (secondary N) is 3. The number of rotatable bonds is 9. The third kappa shape index (κ3) is 5.49. The predicted molar refractivity (Wildman–Crippen MR) is 123 cm³/mol. The molecule has 2 saturated carbocycles. The van der Waals surface area contributed by atoms with Crippen LogP contribution in [0.25, 0.3) is 0 Å². The minimum absolute atomic E-state index is 0.128. The van der Waals surface area contributed by atoms with Crippen molar-refractivity contribution in [3.63, 3.8) is 0 Å². The van der Waals surface area contributed by atoms with Gasteiger partial charge in [0.25, 0.3) is 5.91 Å². The largest absolute Gasteiger partial charge is 0.496 e. The summed E-state index contributed by atoms with van der Waals surface area (Å²) < 4.78 is 16.2. The predicted octanol–water partition coefficient (Wildman–Crippen LogP) is 3.55. The first-order valence-corrected chi connectivity index (χ1v) is 11.5. The Kier molecular flexibility index (Phi) is 7.04. The summed E-state index contributed by atoms with van der Waals surface area (Å²) in [5.41, 5.74) is 0.995. The summed E-state index contributed by atoms with van der Waals surface area (Å²) in [6, 6.07) is 6.69. The second kappa shape index (κ2) is 10.1. The molecule has 4 rings (SSSR count). The minimum Gasteiger partial charge on any atom is -0.496 e. The third-order valence-corrected chi connectivity index (χ3v) is 6.55. The summed E-state index contributed by atoms with van der Waals surface area (Å²) in [7, 11) is 1.46. The van der Waals surface area contributed by atoms with Crippen LogP contribution in [-0.2, 0) is 9.53 Å². The SMILES string of the molecule is COc1cccc(OCC(=O)Nc2cc(C3CCC(OC(=O)NC4(C)CCC4)C3)[nH]n2)c1C=O. The van der Waals surface area contributed by atoms with E-state index in [-0.39, 0.29) is 41.6 Å². The van der Waals surface area contributed by atoms with Crippen molar-refractivity contribution in [1.29, 1.82) is 0 Å². The fraction of sp³-hybridized carbons (Fsp3) is 0.500. The van der Waals surface area contributed by atoms with Crippen LogP contribution in [0.15, 0.2) is 24.3 Å². The highest BCUT2D eigenvalue weighted by Crippen LogP contribution is 2.36. The van der Waals surface area contributed by atoms with Crippen LogP contribution < -0.4 is 20.1 Å². The number of methoxy groups -OCH3 is 1. The Labute approximate surface area is 197 Å². The Balaban J connectivity index is 1.25. The number of aromatic amines is 1. The van der Waals surface area contributed by atoms with Gasteiger partial charge in [-0.1, -0.05) is 6.07 Å². The van der Waals surface area contributed by atoms with Gasteiger partial charge in [-0.25, -0.2) is 4.79 Å². The van der Waals surface area contributed by atoms with E-state index < -0.39 is 5.91 Å². The molecule has 1 heterocycles. The van der Waals surface area contributed by atoms with Crippen molar-refractivity contribution in [2.75, 3.05) is 19.0 Å². The van der Waals surface area contributed by atoms with Crippen LogP contribution in [0.5, 0.6) is 11.5 Å². The van der Waals surface area contributed by atoms with Crippen LogP contribution in [0, 0.1) is 0 Å². The van der Waals surface area contributed by atoms with E-state index in [1.54, 1.807) is 24.3 Å². The summed E-state index contributed by atoms with van der Waals surface area (Å²) >= 11 is 0. The van der Waals surface area contributed by atoms with Crippen LogP contribution in [0.1, 0.15) is 67.4 Å². The summed E-state index contributed by atoms with van der Waals surface area (Å²) in [6.07, 6.45) is 5.59. The van der Waals surface area contributed by atoms with E-state index in [1.807, 2.05) is 6.92 Å². The van der Waals surface area contributed by atoms with E-state index >= 15 is 0 Å². The van der Waals surface area contributed by atoms with Crippen molar-refractivity contribution in [2.45, 2.75) is 63.0 Å². The topological polar surface area (TPSA) is 132 Å². The summed E-state index contributed by atoms with van der Waals surface area (Å²) in [5.74, 6) is 0.771. The monoisotopic (exact) mass is 470 g/mol. The lowest BCUT2D eigenvalue weighted by Crippen LogP contribution is -2.51. The number of benzene rings is 1. The van der Waals surface area contributed by atoms with Gasteiger partial charge in [-0.3, -0.25) is 14.7 Å². The van der Waals surface area contributed by atoms with Gasteiger partial charge in [0.1, 0.15) is 17.6 Å². The molecule has 2 aliphatic carbocycles. The maximum absolute atomic E-state index is 12.3. The number of ether oxygens (including phenoxy) is 3. The Morgan fingerprint density at radius 1 is 1.26 bits per heavy atom. The average molecular weight is 471 g/mol. The van der Waals surface area contributed by atoms with Gasteiger partial charge in [-0.15, -0.1) is 0 Å². The Morgan fingerprint density at radius 2 is 2.06 bits per heavy atom. The van der Waals surface area contributed by atoms with Crippen molar-refractivity contribution >= 4 is 24.1 Å². The molecule has 10 heteroatoms. The molecule has 2 amide bonds. The molecule has 2 fully saturated rings. The second-order valence-corrected chi connectivity index (χ2v) is 9.11. The number of hydrogen-bond acceptors (Lipinski definition) is 7. The fourth-order valence-corrected chi connectivity index (χ4v) is 4.46. The van der Waals surface area contributed by atoms with Crippen LogP contribution in [-0.4, -0.2) is 53.8 Å². The van der Waals surface area contributed by atoms with E-state index in [0.717, 1.165) is 37.8 Å². The number of carbonyl (C=O) groups excluding carboxylic acids is 3. The number of alkyl carbamates (subject to hydrolysis) is 1. The first-order chi connectivity index (χ1) is 16.4. The zero-order valence-corrected chi connectivity index (χ0v) is 19.4. The fourth-order valence-electron chi connectivity index (χ4n) is 4.46. The number of aldehydes is 1. The number of anilines is 1. The van der Waals surface area contributed by atoms with E-state index in [0.29, 0.717) is 24.3 Å². The Bertz CT molecular complexity index is 1050. The number of carbonyl (C=O) groups is 3. The van der Waals surface area contributed by atoms with E-state index in [1.165, 1.54) is 7.11 Å². The molecule has 3 N–H and O–H groups in total. The smallest absolute Gasteiger partial charge is 0.407 e. The molecule has 1 aromatic heterocycles. The van der Waals surface area contributed by atoms with Gasteiger partial charge >= 0.3 is 6.09 Å². The minimum atomic E-state index is -0.411. The first kappa shape index (κ1) is 23.6. The van der Waals surface area contributed by atoms with Crippen molar-refractivity contribution < 1.29 is 28.6 Å². The van der Waals surface area contributed by atoms with Crippen LogP contribution >= 0.6 is 0 Å². The Morgan fingerprint density at radius 3 is 2.76 bits per heavy atom. The standard InChI is InChI=1S/C24H30N4O6/c1-24(9-4-10-24)26-23(31)34-16-8-7-15(11-16)18-12-21(28-27-18)25-22(30)14-33-20-6-3-5-19(32-2)17(20)13-29/h3,5-6,12-13,15-16H,4,7-11,14H2,1-2H3,(H,26,31)(H2,25,27,28,30). The molecule has 0 radical (unpaired) electrons. The van der Waals surface area contributed by atoms with Gasteiger partial charge in [0.05, 0.1) is 12.7 Å². The maximum atomic E-state index is 12.3. The quantitative estimate of drug-likeness (QED) is 0.478. The van der Waals surface area contributed by atoms with Crippen LogP contribution in [0.2, 0.25) is 0 Å². The van der Waals surface area contributed by atoms with Gasteiger partial charge in [-0.05, 0) is 57.6 Å². The molecule has 2 unspecified atom stereocenters. The molecule has 34 heavy (non-hydrogen) atoms. The molecule has 10 nitrogen and oxygen atoms in total. The van der Waals surface area contributed by atoms with E-state index in [2.05, 4.69) is 20.8 Å². The van der Waals surface area contributed by atoms with Crippen LogP contribution in [0.3, 0.4) is 0 Å².